The Morgan fingerprint density at radius 1 is 1.20 bits per heavy atom. The lowest BCUT2D eigenvalue weighted by molar-refractivity contribution is -0.165. The Bertz CT molecular complexity index is 553. The molecule has 3 nitrogen and oxygen atoms in total. The van der Waals surface area contributed by atoms with Gasteiger partial charge in [0.15, 0.2) is 5.78 Å². The quantitative estimate of drug-likeness (QED) is 0.806. The number of carbonyl (C=O) groups is 1. The van der Waals surface area contributed by atoms with Crippen molar-refractivity contribution in [2.24, 2.45) is 11.8 Å². The van der Waals surface area contributed by atoms with E-state index in [0.717, 1.165) is 18.8 Å². The molecule has 2 atom stereocenters. The number of likely N-dealkylation sites (tertiary alicyclic amines) is 1. The lowest BCUT2D eigenvalue weighted by atomic mass is 9.79. The third kappa shape index (κ3) is 4.15. The number of Topliss-reactive ketones (excluding diaryl/α,β-unsaturated/α-hetero) is 1. The molecule has 0 saturated carbocycles. The fourth-order valence-corrected chi connectivity index (χ4v) is 4.68. The van der Waals surface area contributed by atoms with Crippen LogP contribution in [0.5, 0.6) is 0 Å². The lowest BCUT2D eigenvalue weighted by Crippen LogP contribution is -2.55. The highest BCUT2D eigenvalue weighted by atomic mass is 16.5. The largest absolute Gasteiger partial charge is 0.365 e. The second kappa shape index (κ2) is 8.01. The third-order valence-electron chi connectivity index (χ3n) is 6.44. The highest BCUT2D eigenvalue weighted by molar-refractivity contribution is 5.85. The number of ether oxygens (including phenoxy) is 1. The van der Waals surface area contributed by atoms with E-state index in [1.165, 1.54) is 37.9 Å². The zero-order valence-electron chi connectivity index (χ0n) is 16.0. The number of rotatable bonds is 5. The van der Waals surface area contributed by atoms with Gasteiger partial charge >= 0.3 is 0 Å². The van der Waals surface area contributed by atoms with Crippen LogP contribution in [0.3, 0.4) is 0 Å². The van der Waals surface area contributed by atoms with E-state index in [9.17, 15) is 4.79 Å². The van der Waals surface area contributed by atoms with E-state index in [1.54, 1.807) is 6.92 Å². The van der Waals surface area contributed by atoms with Crippen LogP contribution in [0.1, 0.15) is 52.0 Å². The van der Waals surface area contributed by atoms with Gasteiger partial charge < -0.3 is 4.74 Å². The smallest absolute Gasteiger partial charge is 0.161 e. The predicted molar refractivity (Wildman–Crippen MR) is 102 cm³/mol. The summed E-state index contributed by atoms with van der Waals surface area (Å²) in [5.41, 5.74) is 0.924. The summed E-state index contributed by atoms with van der Waals surface area (Å²) in [6, 6.07) is 11.3. The molecule has 0 spiro atoms. The van der Waals surface area contributed by atoms with E-state index >= 15 is 0 Å². The first-order valence-corrected chi connectivity index (χ1v) is 9.94. The predicted octanol–water partition coefficient (Wildman–Crippen LogP) is 4.10. The first-order chi connectivity index (χ1) is 12.0. The minimum absolute atomic E-state index is 0.197. The summed E-state index contributed by atoms with van der Waals surface area (Å²) in [4.78, 5) is 14.7. The summed E-state index contributed by atoms with van der Waals surface area (Å²) >= 11 is 0. The van der Waals surface area contributed by atoms with E-state index in [4.69, 9.17) is 4.74 Å². The van der Waals surface area contributed by atoms with Crippen molar-refractivity contribution in [1.82, 2.24) is 4.90 Å². The monoisotopic (exact) mass is 343 g/mol. The number of carbonyl (C=O) groups excluding carboxylic acids is 1. The second-order valence-corrected chi connectivity index (χ2v) is 8.27. The molecular formula is C22H33NO2. The van der Waals surface area contributed by atoms with Gasteiger partial charge in [-0.25, -0.2) is 0 Å². The number of ketones is 1. The third-order valence-corrected chi connectivity index (χ3v) is 6.44. The molecule has 0 amide bonds. The van der Waals surface area contributed by atoms with Gasteiger partial charge in [0, 0.05) is 6.04 Å². The normalized spacial score (nSPS) is 29.0. The molecule has 0 radical (unpaired) electrons. The summed E-state index contributed by atoms with van der Waals surface area (Å²) in [6.45, 7) is 8.95. The molecule has 0 N–H and O–H groups in total. The van der Waals surface area contributed by atoms with Gasteiger partial charge in [-0.2, -0.15) is 0 Å². The van der Waals surface area contributed by atoms with Crippen LogP contribution in [0.25, 0.3) is 0 Å². The van der Waals surface area contributed by atoms with E-state index in [0.29, 0.717) is 12.6 Å². The SMILES string of the molecule is CC(=O)C1(C(C)C)CCC(N2CCC(Cc3ccccc3)CC2)CO1. The lowest BCUT2D eigenvalue weighted by Gasteiger charge is -2.46. The Balaban J connectivity index is 1.49. The topological polar surface area (TPSA) is 29.5 Å². The molecule has 3 rings (SSSR count). The number of benzene rings is 1. The van der Waals surface area contributed by atoms with Crippen molar-refractivity contribution in [2.75, 3.05) is 19.7 Å². The van der Waals surface area contributed by atoms with Crippen molar-refractivity contribution in [2.45, 2.75) is 64.5 Å². The minimum Gasteiger partial charge on any atom is -0.365 e. The van der Waals surface area contributed by atoms with Gasteiger partial charge in [-0.1, -0.05) is 44.2 Å². The van der Waals surface area contributed by atoms with Gasteiger partial charge in [-0.05, 0) is 69.5 Å². The Morgan fingerprint density at radius 2 is 1.88 bits per heavy atom. The van der Waals surface area contributed by atoms with Gasteiger partial charge in [0.1, 0.15) is 5.60 Å². The molecule has 3 heteroatoms. The van der Waals surface area contributed by atoms with Crippen LogP contribution in [0.2, 0.25) is 0 Å². The van der Waals surface area contributed by atoms with E-state index in [2.05, 4.69) is 49.1 Å². The van der Waals surface area contributed by atoms with Crippen molar-refractivity contribution < 1.29 is 9.53 Å². The number of nitrogens with zero attached hydrogens (tertiary/aromatic N) is 1. The molecule has 2 saturated heterocycles. The zero-order valence-corrected chi connectivity index (χ0v) is 16.0. The molecule has 138 valence electrons. The summed E-state index contributed by atoms with van der Waals surface area (Å²) in [6.07, 6.45) is 5.70. The van der Waals surface area contributed by atoms with Crippen LogP contribution in [0, 0.1) is 11.8 Å². The van der Waals surface area contributed by atoms with E-state index in [-0.39, 0.29) is 11.7 Å². The number of hydrogen-bond donors (Lipinski definition) is 0. The van der Waals surface area contributed by atoms with Crippen LogP contribution in [-0.4, -0.2) is 42.0 Å². The van der Waals surface area contributed by atoms with Gasteiger partial charge in [-0.3, -0.25) is 9.69 Å². The van der Waals surface area contributed by atoms with Crippen LogP contribution in [0.4, 0.5) is 0 Å². The molecule has 0 bridgehead atoms. The maximum atomic E-state index is 12.1. The molecule has 2 heterocycles. The molecule has 2 aliphatic heterocycles. The van der Waals surface area contributed by atoms with Crippen molar-refractivity contribution in [1.29, 1.82) is 0 Å². The second-order valence-electron chi connectivity index (χ2n) is 8.27. The fraction of sp³-hybridized carbons (Fsp3) is 0.682. The van der Waals surface area contributed by atoms with Crippen molar-refractivity contribution in [3.63, 3.8) is 0 Å². The van der Waals surface area contributed by atoms with Gasteiger partial charge in [0.05, 0.1) is 6.61 Å². The molecular weight excluding hydrogens is 310 g/mol. The molecule has 2 fully saturated rings. The Labute approximate surface area is 152 Å². The molecule has 0 aromatic heterocycles. The minimum atomic E-state index is -0.540. The first-order valence-electron chi connectivity index (χ1n) is 9.94. The molecule has 0 aliphatic carbocycles. The van der Waals surface area contributed by atoms with Gasteiger partial charge in [-0.15, -0.1) is 0 Å². The van der Waals surface area contributed by atoms with Crippen LogP contribution >= 0.6 is 0 Å². The molecule has 1 aromatic rings. The van der Waals surface area contributed by atoms with Crippen LogP contribution in [0.15, 0.2) is 30.3 Å². The van der Waals surface area contributed by atoms with Crippen molar-refractivity contribution in [3.05, 3.63) is 35.9 Å². The standard InChI is InChI=1S/C22H33NO2/c1-17(2)22(18(3)24)12-9-21(16-25-22)23-13-10-20(11-14-23)15-19-7-5-4-6-8-19/h4-8,17,20-21H,9-16H2,1-3H3. The Kier molecular flexibility index (Phi) is 5.96. The molecule has 2 unspecified atom stereocenters. The maximum absolute atomic E-state index is 12.1. The Hall–Kier alpha value is -1.19. The Morgan fingerprint density at radius 3 is 2.40 bits per heavy atom. The van der Waals surface area contributed by atoms with Crippen molar-refractivity contribution in [3.8, 4) is 0 Å². The average Bonchev–Trinajstić information content (AvgIpc) is 2.63. The van der Waals surface area contributed by atoms with E-state index < -0.39 is 5.60 Å². The summed E-state index contributed by atoms with van der Waals surface area (Å²) in [5.74, 6) is 1.25. The van der Waals surface area contributed by atoms with Gasteiger partial charge in [0.25, 0.3) is 0 Å². The average molecular weight is 344 g/mol. The maximum Gasteiger partial charge on any atom is 0.161 e. The summed E-state index contributed by atoms with van der Waals surface area (Å²) in [5, 5.41) is 0. The highest BCUT2D eigenvalue weighted by Crippen LogP contribution is 2.35. The van der Waals surface area contributed by atoms with Crippen LogP contribution in [-0.2, 0) is 16.0 Å². The molecule has 2 aliphatic rings. The molecule has 25 heavy (non-hydrogen) atoms. The fourth-order valence-electron chi connectivity index (χ4n) is 4.68. The first kappa shape index (κ1) is 18.6. The van der Waals surface area contributed by atoms with Gasteiger partial charge in [0.2, 0.25) is 0 Å². The van der Waals surface area contributed by atoms with Crippen LogP contribution < -0.4 is 0 Å². The summed E-state index contributed by atoms with van der Waals surface area (Å²) in [7, 11) is 0. The molecule has 1 aromatic carbocycles. The number of hydrogen-bond acceptors (Lipinski definition) is 3. The van der Waals surface area contributed by atoms with Crippen molar-refractivity contribution >= 4 is 5.78 Å². The summed E-state index contributed by atoms with van der Waals surface area (Å²) < 4.78 is 6.19. The highest BCUT2D eigenvalue weighted by Gasteiger charge is 2.44. The number of piperidine rings is 1. The van der Waals surface area contributed by atoms with E-state index in [1.807, 2.05) is 0 Å². The zero-order chi connectivity index (χ0) is 17.9.